The lowest BCUT2D eigenvalue weighted by Gasteiger charge is -2.19. The Bertz CT molecular complexity index is 383. The summed E-state index contributed by atoms with van der Waals surface area (Å²) in [6, 6.07) is 1.86. The summed E-state index contributed by atoms with van der Waals surface area (Å²) < 4.78 is 1.98. The molecule has 0 aliphatic rings. The third-order valence-electron chi connectivity index (χ3n) is 2.55. The van der Waals surface area contributed by atoms with Gasteiger partial charge in [-0.05, 0) is 19.9 Å². The van der Waals surface area contributed by atoms with Crippen molar-refractivity contribution >= 4 is 11.5 Å². The summed E-state index contributed by atoms with van der Waals surface area (Å²) in [5.74, 6) is 0.106. The van der Waals surface area contributed by atoms with E-state index in [2.05, 4.69) is 0 Å². The van der Waals surface area contributed by atoms with Gasteiger partial charge >= 0.3 is 0 Å². The molecule has 3 heteroatoms. The molecular weight excluding hydrogens is 188 g/mol. The van der Waals surface area contributed by atoms with Crippen molar-refractivity contribution in [2.45, 2.75) is 41.2 Å². The van der Waals surface area contributed by atoms with Gasteiger partial charge in [0.05, 0.1) is 5.69 Å². The van der Waals surface area contributed by atoms with Crippen molar-refractivity contribution in [3.8, 4) is 0 Å². The van der Waals surface area contributed by atoms with E-state index in [4.69, 9.17) is 5.73 Å². The SMILES string of the molecule is CCn1c(C)cc(N)c1C(=O)C(C)(C)C. The fourth-order valence-corrected chi connectivity index (χ4v) is 1.72. The minimum absolute atomic E-state index is 0.106. The van der Waals surface area contributed by atoms with Crippen molar-refractivity contribution in [3.63, 3.8) is 0 Å². The fourth-order valence-electron chi connectivity index (χ4n) is 1.72. The molecule has 0 radical (unpaired) electrons. The maximum absolute atomic E-state index is 12.2. The van der Waals surface area contributed by atoms with Gasteiger partial charge in [-0.15, -0.1) is 0 Å². The molecule has 0 aliphatic carbocycles. The molecular formula is C12H20N2O. The summed E-state index contributed by atoms with van der Waals surface area (Å²) in [6.45, 7) is 10.5. The molecule has 0 atom stereocenters. The molecule has 3 nitrogen and oxygen atoms in total. The quantitative estimate of drug-likeness (QED) is 0.759. The second-order valence-corrected chi connectivity index (χ2v) is 4.91. The number of anilines is 1. The van der Waals surface area contributed by atoms with Crippen LogP contribution in [-0.2, 0) is 6.54 Å². The number of carbonyl (C=O) groups is 1. The summed E-state index contributed by atoms with van der Waals surface area (Å²) in [6.07, 6.45) is 0. The Hall–Kier alpha value is -1.25. The zero-order chi connectivity index (χ0) is 11.8. The van der Waals surface area contributed by atoms with E-state index in [9.17, 15) is 4.79 Å². The van der Waals surface area contributed by atoms with Crippen LogP contribution in [0.3, 0.4) is 0 Å². The highest BCUT2D eigenvalue weighted by atomic mass is 16.1. The maximum Gasteiger partial charge on any atom is 0.186 e. The highest BCUT2D eigenvalue weighted by molar-refractivity contribution is 6.02. The predicted octanol–water partition coefficient (Wildman–Crippen LogP) is 2.63. The standard InChI is InChI=1S/C12H20N2O/c1-6-14-8(2)7-9(13)10(14)11(15)12(3,4)5/h7H,6,13H2,1-5H3. The predicted molar refractivity (Wildman–Crippen MR) is 63.0 cm³/mol. The van der Waals surface area contributed by atoms with Crippen molar-refractivity contribution < 1.29 is 4.79 Å². The van der Waals surface area contributed by atoms with Crippen LogP contribution in [0.15, 0.2) is 6.07 Å². The first-order chi connectivity index (χ1) is 6.79. The molecule has 0 bridgehead atoms. The first-order valence-electron chi connectivity index (χ1n) is 5.29. The molecule has 1 aromatic rings. The van der Waals surface area contributed by atoms with Crippen LogP contribution in [0.5, 0.6) is 0 Å². The number of carbonyl (C=O) groups excluding carboxylic acids is 1. The van der Waals surface area contributed by atoms with E-state index in [1.54, 1.807) is 0 Å². The first kappa shape index (κ1) is 11.8. The van der Waals surface area contributed by atoms with Gasteiger partial charge in [-0.25, -0.2) is 0 Å². The van der Waals surface area contributed by atoms with Crippen LogP contribution in [0.4, 0.5) is 5.69 Å². The summed E-state index contributed by atoms with van der Waals surface area (Å²) in [4.78, 5) is 12.2. The summed E-state index contributed by atoms with van der Waals surface area (Å²) in [5.41, 5.74) is 7.78. The van der Waals surface area contributed by atoms with Gasteiger partial charge in [0.1, 0.15) is 5.69 Å². The Morgan fingerprint density at radius 2 is 2.00 bits per heavy atom. The van der Waals surface area contributed by atoms with Crippen LogP contribution in [0, 0.1) is 12.3 Å². The number of aromatic nitrogens is 1. The number of aryl methyl sites for hydroxylation is 1. The first-order valence-corrected chi connectivity index (χ1v) is 5.29. The smallest absolute Gasteiger partial charge is 0.186 e. The van der Waals surface area contributed by atoms with E-state index < -0.39 is 0 Å². The third-order valence-corrected chi connectivity index (χ3v) is 2.55. The van der Waals surface area contributed by atoms with Crippen LogP contribution in [0.1, 0.15) is 43.9 Å². The molecule has 0 saturated carbocycles. The number of Topliss-reactive ketones (excluding diaryl/α,β-unsaturated/α-hetero) is 1. The van der Waals surface area contributed by atoms with Crippen LogP contribution < -0.4 is 5.73 Å². The van der Waals surface area contributed by atoms with Gasteiger partial charge in [0.25, 0.3) is 0 Å². The van der Waals surface area contributed by atoms with E-state index in [0.717, 1.165) is 12.2 Å². The molecule has 0 saturated heterocycles. The number of nitrogens with two attached hydrogens (primary N) is 1. The number of nitrogen functional groups attached to an aromatic ring is 1. The maximum atomic E-state index is 12.2. The zero-order valence-electron chi connectivity index (χ0n) is 10.2. The van der Waals surface area contributed by atoms with Crippen LogP contribution in [0.25, 0.3) is 0 Å². The number of nitrogens with zero attached hydrogens (tertiary/aromatic N) is 1. The average molecular weight is 208 g/mol. The van der Waals surface area contributed by atoms with Crippen LogP contribution in [0.2, 0.25) is 0 Å². The Morgan fingerprint density at radius 1 is 1.47 bits per heavy atom. The zero-order valence-corrected chi connectivity index (χ0v) is 10.2. The van der Waals surface area contributed by atoms with Gasteiger partial charge in [-0.1, -0.05) is 20.8 Å². The average Bonchev–Trinajstić information content (AvgIpc) is 2.37. The second kappa shape index (κ2) is 3.72. The minimum atomic E-state index is -0.383. The lowest BCUT2D eigenvalue weighted by atomic mass is 9.88. The van der Waals surface area contributed by atoms with Crippen molar-refractivity contribution in [1.82, 2.24) is 4.57 Å². The van der Waals surface area contributed by atoms with Crippen LogP contribution in [-0.4, -0.2) is 10.4 Å². The summed E-state index contributed by atoms with van der Waals surface area (Å²) in [7, 11) is 0. The number of hydrogen-bond acceptors (Lipinski definition) is 2. The third kappa shape index (κ3) is 2.06. The molecule has 0 spiro atoms. The second-order valence-electron chi connectivity index (χ2n) is 4.91. The topological polar surface area (TPSA) is 48.0 Å². The molecule has 15 heavy (non-hydrogen) atoms. The number of rotatable bonds is 2. The Labute approximate surface area is 91.3 Å². The molecule has 0 unspecified atom stereocenters. The van der Waals surface area contributed by atoms with Crippen molar-refractivity contribution in [3.05, 3.63) is 17.5 Å². The largest absolute Gasteiger partial charge is 0.397 e. The van der Waals surface area contributed by atoms with Crippen LogP contribution >= 0.6 is 0 Å². The van der Waals surface area contributed by atoms with Crippen molar-refractivity contribution in [2.24, 2.45) is 5.41 Å². The van der Waals surface area contributed by atoms with Gasteiger partial charge in [0.2, 0.25) is 0 Å². The van der Waals surface area contributed by atoms with Gasteiger partial charge in [-0.3, -0.25) is 4.79 Å². The molecule has 0 amide bonds. The Morgan fingerprint density at radius 3 is 2.40 bits per heavy atom. The molecule has 1 aromatic heterocycles. The Kier molecular flexibility index (Phi) is 2.93. The van der Waals surface area contributed by atoms with Gasteiger partial charge in [0, 0.05) is 17.7 Å². The van der Waals surface area contributed by atoms with E-state index in [-0.39, 0.29) is 11.2 Å². The molecule has 0 fully saturated rings. The van der Waals surface area contributed by atoms with Gasteiger partial charge in [-0.2, -0.15) is 0 Å². The summed E-state index contributed by atoms with van der Waals surface area (Å²) in [5, 5.41) is 0. The lowest BCUT2D eigenvalue weighted by Crippen LogP contribution is -2.24. The van der Waals surface area contributed by atoms with Crippen molar-refractivity contribution in [2.75, 3.05) is 5.73 Å². The highest BCUT2D eigenvalue weighted by Gasteiger charge is 2.28. The van der Waals surface area contributed by atoms with Gasteiger partial charge < -0.3 is 10.3 Å². The molecule has 1 rings (SSSR count). The number of hydrogen-bond donors (Lipinski definition) is 1. The summed E-state index contributed by atoms with van der Waals surface area (Å²) >= 11 is 0. The van der Waals surface area contributed by atoms with E-state index in [1.165, 1.54) is 0 Å². The molecule has 2 N–H and O–H groups in total. The fraction of sp³-hybridized carbons (Fsp3) is 0.583. The molecule has 1 heterocycles. The highest BCUT2D eigenvalue weighted by Crippen LogP contribution is 2.27. The molecule has 84 valence electrons. The van der Waals surface area contributed by atoms with E-state index in [1.807, 2.05) is 45.3 Å². The minimum Gasteiger partial charge on any atom is -0.397 e. The lowest BCUT2D eigenvalue weighted by molar-refractivity contribution is 0.0849. The van der Waals surface area contributed by atoms with Crippen molar-refractivity contribution in [1.29, 1.82) is 0 Å². The molecule has 0 aromatic carbocycles. The van der Waals surface area contributed by atoms with E-state index in [0.29, 0.717) is 11.4 Å². The Balaban J connectivity index is 3.31. The monoisotopic (exact) mass is 208 g/mol. The normalized spacial score (nSPS) is 11.8. The molecule has 0 aliphatic heterocycles. The number of ketones is 1. The van der Waals surface area contributed by atoms with E-state index >= 15 is 0 Å². The van der Waals surface area contributed by atoms with Gasteiger partial charge in [0.15, 0.2) is 5.78 Å².